The Hall–Kier alpha value is -1.15. The van der Waals surface area contributed by atoms with Gasteiger partial charge in [-0.1, -0.05) is 12.1 Å². The Morgan fingerprint density at radius 2 is 2.12 bits per heavy atom. The molecule has 1 aromatic carbocycles. The van der Waals surface area contributed by atoms with Gasteiger partial charge in [0.15, 0.2) is 0 Å². The third kappa shape index (κ3) is 2.33. The average Bonchev–Trinajstić information content (AvgIpc) is 2.29. The van der Waals surface area contributed by atoms with Gasteiger partial charge in [0.1, 0.15) is 11.9 Å². The molecule has 0 saturated carbocycles. The zero-order valence-electron chi connectivity index (χ0n) is 9.54. The highest BCUT2D eigenvalue weighted by atomic mass is 19.1. The third-order valence-electron chi connectivity index (χ3n) is 3.20. The van der Waals surface area contributed by atoms with Gasteiger partial charge < -0.3 is 5.11 Å². The minimum absolute atomic E-state index is 0.244. The Labute approximate surface area is 95.6 Å². The smallest absolute Gasteiger partial charge is 0.123 e. The van der Waals surface area contributed by atoms with E-state index in [-0.39, 0.29) is 5.82 Å². The molecule has 16 heavy (non-hydrogen) atoms. The number of rotatable bonds is 2. The number of hydrogen-bond acceptors (Lipinski definition) is 1. The summed E-state index contributed by atoms with van der Waals surface area (Å²) in [5.41, 5.74) is 2.73. The molecule has 1 aliphatic rings. The molecule has 0 amide bonds. The minimum atomic E-state index is -0.555. The molecule has 0 heterocycles. The van der Waals surface area contributed by atoms with Crippen LogP contribution in [0.4, 0.5) is 4.39 Å². The van der Waals surface area contributed by atoms with Crippen molar-refractivity contribution in [1.29, 1.82) is 0 Å². The van der Waals surface area contributed by atoms with E-state index in [1.54, 1.807) is 6.07 Å². The molecule has 86 valence electrons. The monoisotopic (exact) mass is 220 g/mol. The largest absolute Gasteiger partial charge is 0.384 e. The lowest BCUT2D eigenvalue weighted by molar-refractivity contribution is 0.207. The summed E-state index contributed by atoms with van der Waals surface area (Å²) in [6.07, 6.45) is 5.92. The van der Waals surface area contributed by atoms with Crippen LogP contribution in [-0.2, 0) is 0 Å². The van der Waals surface area contributed by atoms with E-state index >= 15 is 0 Å². The van der Waals surface area contributed by atoms with Gasteiger partial charge in [0.05, 0.1) is 0 Å². The van der Waals surface area contributed by atoms with E-state index in [1.807, 2.05) is 6.92 Å². The Bertz CT molecular complexity index is 409. The number of allylic oxidation sites excluding steroid dienone is 1. The molecular formula is C14H17FO. The number of aliphatic hydroxyl groups excluding tert-OH is 1. The van der Waals surface area contributed by atoms with Crippen LogP contribution >= 0.6 is 0 Å². The van der Waals surface area contributed by atoms with E-state index in [1.165, 1.54) is 18.6 Å². The summed E-state index contributed by atoms with van der Waals surface area (Å²) in [6.45, 7) is 1.84. The van der Waals surface area contributed by atoms with Crippen LogP contribution in [0.3, 0.4) is 0 Å². The van der Waals surface area contributed by atoms with Crippen molar-refractivity contribution in [3.63, 3.8) is 0 Å². The predicted molar refractivity (Wildman–Crippen MR) is 62.6 cm³/mol. The van der Waals surface area contributed by atoms with Crippen LogP contribution in [0.5, 0.6) is 0 Å². The Morgan fingerprint density at radius 1 is 1.31 bits per heavy atom. The van der Waals surface area contributed by atoms with Crippen molar-refractivity contribution in [2.75, 3.05) is 0 Å². The van der Waals surface area contributed by atoms with Crippen molar-refractivity contribution in [3.8, 4) is 0 Å². The molecule has 2 rings (SSSR count). The van der Waals surface area contributed by atoms with Crippen LogP contribution in [0.15, 0.2) is 29.8 Å². The molecule has 1 aliphatic carbocycles. The lowest BCUT2D eigenvalue weighted by Gasteiger charge is -2.20. The van der Waals surface area contributed by atoms with Gasteiger partial charge in [0.25, 0.3) is 0 Å². The summed E-state index contributed by atoms with van der Waals surface area (Å²) in [4.78, 5) is 0. The van der Waals surface area contributed by atoms with Gasteiger partial charge in [-0.3, -0.25) is 0 Å². The van der Waals surface area contributed by atoms with Crippen molar-refractivity contribution in [1.82, 2.24) is 0 Å². The number of hydrogen-bond donors (Lipinski definition) is 1. The van der Waals surface area contributed by atoms with Crippen LogP contribution in [0.25, 0.3) is 0 Å². The Morgan fingerprint density at radius 3 is 2.75 bits per heavy atom. The molecule has 0 fully saturated rings. The van der Waals surface area contributed by atoms with E-state index in [2.05, 4.69) is 6.08 Å². The highest BCUT2D eigenvalue weighted by Crippen LogP contribution is 2.31. The topological polar surface area (TPSA) is 20.2 Å². The normalized spacial score (nSPS) is 18.1. The quantitative estimate of drug-likeness (QED) is 0.754. The van der Waals surface area contributed by atoms with E-state index in [0.29, 0.717) is 0 Å². The van der Waals surface area contributed by atoms with Crippen molar-refractivity contribution >= 4 is 0 Å². The van der Waals surface area contributed by atoms with E-state index in [9.17, 15) is 9.50 Å². The molecule has 0 bridgehead atoms. The molecular weight excluding hydrogens is 203 g/mol. The zero-order valence-corrected chi connectivity index (χ0v) is 9.54. The lowest BCUT2D eigenvalue weighted by atomic mass is 9.90. The summed E-state index contributed by atoms with van der Waals surface area (Å²) in [5.74, 6) is -0.244. The maximum Gasteiger partial charge on any atom is 0.123 e. The maximum absolute atomic E-state index is 13.0. The SMILES string of the molecule is Cc1cc(F)ccc1C(O)C1=CCCCC1. The molecule has 0 radical (unpaired) electrons. The minimum Gasteiger partial charge on any atom is -0.384 e. The molecule has 1 aromatic rings. The summed E-state index contributed by atoms with van der Waals surface area (Å²) in [6, 6.07) is 4.57. The Kier molecular flexibility index (Phi) is 3.39. The molecule has 0 aliphatic heterocycles. The Balaban J connectivity index is 2.26. The van der Waals surface area contributed by atoms with Gasteiger partial charge >= 0.3 is 0 Å². The van der Waals surface area contributed by atoms with Crippen LogP contribution in [0.1, 0.15) is 42.9 Å². The van der Waals surface area contributed by atoms with Gasteiger partial charge in [0.2, 0.25) is 0 Å². The van der Waals surface area contributed by atoms with Crippen molar-refractivity contribution in [3.05, 3.63) is 46.8 Å². The first-order valence-electron chi connectivity index (χ1n) is 5.81. The van der Waals surface area contributed by atoms with Crippen molar-refractivity contribution in [2.45, 2.75) is 38.7 Å². The molecule has 2 heteroatoms. The number of aryl methyl sites for hydroxylation is 1. The lowest BCUT2D eigenvalue weighted by Crippen LogP contribution is -2.06. The van der Waals surface area contributed by atoms with Gasteiger partial charge in [-0.05, 0) is 61.4 Å². The van der Waals surface area contributed by atoms with E-state index in [0.717, 1.165) is 36.0 Å². The predicted octanol–water partition coefficient (Wildman–Crippen LogP) is 3.67. The van der Waals surface area contributed by atoms with E-state index in [4.69, 9.17) is 0 Å². The molecule has 0 aromatic heterocycles. The molecule has 1 nitrogen and oxygen atoms in total. The van der Waals surface area contributed by atoms with Gasteiger partial charge in [-0.2, -0.15) is 0 Å². The average molecular weight is 220 g/mol. The standard InChI is InChI=1S/C14H17FO/c1-10-9-12(15)7-8-13(10)14(16)11-5-3-2-4-6-11/h5,7-9,14,16H,2-4,6H2,1H3. The van der Waals surface area contributed by atoms with Crippen LogP contribution in [0.2, 0.25) is 0 Å². The molecule has 1 atom stereocenters. The van der Waals surface area contributed by atoms with Crippen molar-refractivity contribution in [2.24, 2.45) is 0 Å². The number of halogens is 1. The number of benzene rings is 1. The fraction of sp³-hybridized carbons (Fsp3) is 0.429. The highest BCUT2D eigenvalue weighted by molar-refractivity contribution is 5.33. The van der Waals surface area contributed by atoms with Crippen LogP contribution in [-0.4, -0.2) is 5.11 Å². The first kappa shape index (κ1) is 11.3. The van der Waals surface area contributed by atoms with Gasteiger partial charge in [-0.15, -0.1) is 0 Å². The molecule has 1 unspecified atom stereocenters. The second-order valence-corrected chi connectivity index (χ2v) is 4.43. The fourth-order valence-corrected chi connectivity index (χ4v) is 2.26. The highest BCUT2D eigenvalue weighted by Gasteiger charge is 2.17. The summed E-state index contributed by atoms with van der Waals surface area (Å²) < 4.78 is 13.0. The maximum atomic E-state index is 13.0. The fourth-order valence-electron chi connectivity index (χ4n) is 2.26. The van der Waals surface area contributed by atoms with Gasteiger partial charge in [-0.25, -0.2) is 4.39 Å². The number of aliphatic hydroxyl groups is 1. The van der Waals surface area contributed by atoms with Crippen molar-refractivity contribution < 1.29 is 9.50 Å². The molecule has 0 spiro atoms. The first-order chi connectivity index (χ1) is 7.68. The van der Waals surface area contributed by atoms with Crippen LogP contribution in [0, 0.1) is 12.7 Å². The summed E-state index contributed by atoms with van der Waals surface area (Å²) in [7, 11) is 0. The first-order valence-corrected chi connectivity index (χ1v) is 5.81. The zero-order chi connectivity index (χ0) is 11.5. The van der Waals surface area contributed by atoms with Gasteiger partial charge in [0, 0.05) is 0 Å². The second kappa shape index (κ2) is 4.79. The molecule has 0 saturated heterocycles. The summed E-state index contributed by atoms with van der Waals surface area (Å²) >= 11 is 0. The second-order valence-electron chi connectivity index (χ2n) is 4.43. The molecule has 1 N–H and O–H groups in total. The summed E-state index contributed by atoms with van der Waals surface area (Å²) in [5, 5.41) is 10.2. The third-order valence-corrected chi connectivity index (χ3v) is 3.20. The van der Waals surface area contributed by atoms with Crippen LogP contribution < -0.4 is 0 Å². The van der Waals surface area contributed by atoms with E-state index < -0.39 is 6.10 Å².